The van der Waals surface area contributed by atoms with E-state index >= 15 is 0 Å². The van der Waals surface area contributed by atoms with Gasteiger partial charge in [0.25, 0.3) is 0 Å². The molecule has 7 nitrogen and oxygen atoms in total. The van der Waals surface area contributed by atoms with Gasteiger partial charge < -0.3 is 10.2 Å². The number of piperidine rings is 1. The van der Waals surface area contributed by atoms with Crippen molar-refractivity contribution in [1.82, 2.24) is 14.2 Å². The van der Waals surface area contributed by atoms with E-state index in [1.807, 2.05) is 42.5 Å². The van der Waals surface area contributed by atoms with E-state index in [4.69, 9.17) is 0 Å². The van der Waals surface area contributed by atoms with Gasteiger partial charge >= 0.3 is 6.03 Å². The normalized spacial score (nSPS) is 15.5. The highest BCUT2D eigenvalue weighted by atomic mass is 32.2. The van der Waals surface area contributed by atoms with Crippen molar-refractivity contribution in [2.45, 2.75) is 26.3 Å². The fraction of sp³-hybridized carbons (Fsp3) is 0.400. The van der Waals surface area contributed by atoms with E-state index in [-0.39, 0.29) is 19.5 Å². The number of carbonyl (C=O) groups is 1. The quantitative estimate of drug-likeness (QED) is 0.848. The Kier molecular flexibility index (Phi) is 7.15. The lowest BCUT2D eigenvalue weighted by atomic mass is 10.1. The van der Waals surface area contributed by atoms with Gasteiger partial charge in [0, 0.05) is 31.7 Å². The number of benzene rings is 1. The molecule has 0 radical (unpaired) electrons. The maximum atomic E-state index is 12.5. The first-order valence-electron chi connectivity index (χ1n) is 8.85. The predicted molar refractivity (Wildman–Crippen MR) is 113 cm³/mol. The summed E-state index contributed by atoms with van der Waals surface area (Å²) in [6.45, 7) is 0.878. The van der Waals surface area contributed by atoms with Gasteiger partial charge in [0.05, 0.1) is 23.8 Å². The monoisotopic (exact) mass is 404 g/mol. The van der Waals surface area contributed by atoms with Crippen molar-refractivity contribution >= 4 is 21.7 Å². The number of nitrogens with one attached hydrogen (secondary N) is 1. The fourth-order valence-electron chi connectivity index (χ4n) is 3.19. The molecular formula is C20H28N4O3S. The van der Waals surface area contributed by atoms with Gasteiger partial charge in [-0.3, -0.25) is 4.98 Å². The number of rotatable bonds is 4. The van der Waals surface area contributed by atoms with Crippen molar-refractivity contribution < 1.29 is 13.2 Å². The molecule has 0 spiro atoms. The number of carbonyl (C=O) groups excluding carboxylic acids is 1. The van der Waals surface area contributed by atoms with E-state index in [0.717, 1.165) is 11.3 Å². The smallest absolute Gasteiger partial charge is 0.321 e. The van der Waals surface area contributed by atoms with E-state index in [9.17, 15) is 13.2 Å². The molecule has 0 bridgehead atoms. The molecule has 28 heavy (non-hydrogen) atoms. The van der Waals surface area contributed by atoms with Crippen molar-refractivity contribution in [2.24, 2.45) is 0 Å². The van der Waals surface area contributed by atoms with Gasteiger partial charge in [-0.05, 0) is 25.0 Å². The van der Waals surface area contributed by atoms with Gasteiger partial charge in [0.1, 0.15) is 0 Å². The van der Waals surface area contributed by atoms with Gasteiger partial charge in [-0.25, -0.2) is 17.5 Å². The summed E-state index contributed by atoms with van der Waals surface area (Å²) in [5, 5.41) is 2.85. The Morgan fingerprint density at radius 2 is 1.79 bits per heavy atom. The molecule has 1 saturated heterocycles. The molecule has 1 aromatic heterocycles. The molecule has 0 aliphatic carbocycles. The molecule has 0 saturated carbocycles. The number of nitrogens with zero attached hydrogens (tertiary/aromatic N) is 3. The molecule has 1 aromatic carbocycles. The third-order valence-electron chi connectivity index (χ3n) is 4.84. The highest BCUT2D eigenvalue weighted by Crippen LogP contribution is 2.20. The highest BCUT2D eigenvalue weighted by molar-refractivity contribution is 7.88. The number of pyridine rings is 1. The minimum atomic E-state index is -3.16. The molecule has 2 amide bonds. The van der Waals surface area contributed by atoms with Crippen molar-refractivity contribution in [2.75, 3.05) is 31.7 Å². The second-order valence-electron chi connectivity index (χ2n) is 6.73. The predicted octanol–water partition coefficient (Wildman–Crippen LogP) is 3.27. The maximum Gasteiger partial charge on any atom is 0.321 e. The molecule has 0 atom stereocenters. The lowest BCUT2D eigenvalue weighted by molar-refractivity contribution is 0.174. The fourth-order valence-corrected chi connectivity index (χ4v) is 4.06. The van der Waals surface area contributed by atoms with Crippen LogP contribution < -0.4 is 5.32 Å². The first-order valence-corrected chi connectivity index (χ1v) is 10.7. The van der Waals surface area contributed by atoms with Gasteiger partial charge in [-0.2, -0.15) is 0 Å². The Labute approximate surface area is 167 Å². The molecule has 1 fully saturated rings. The van der Waals surface area contributed by atoms with Crippen LogP contribution in [0.25, 0.3) is 11.3 Å². The lowest BCUT2D eigenvalue weighted by Gasteiger charge is -2.35. The van der Waals surface area contributed by atoms with Crippen LogP contribution in [0.2, 0.25) is 0 Å². The number of aromatic nitrogens is 1. The first-order chi connectivity index (χ1) is 12.8. The molecule has 152 valence electrons. The summed E-state index contributed by atoms with van der Waals surface area (Å²) < 4.78 is 24.6. The van der Waals surface area contributed by atoms with Crippen LogP contribution in [0.3, 0.4) is 0 Å². The first kappa shape index (κ1) is 21.8. The second-order valence-corrected chi connectivity index (χ2v) is 8.71. The summed E-state index contributed by atoms with van der Waals surface area (Å²) in [7, 11) is -1.43. The standard InChI is InChI=1S/C19H24N4O3S.CH4/c1-22(17-10-12-23(13-11-17)27(2,25)26)19(24)21-16-8-9-18(20-14-16)15-6-4-3-5-7-15;/h3-9,14,17H,10-13H2,1-2H3,(H,21,24);1H4. The van der Waals surface area contributed by atoms with E-state index in [0.29, 0.717) is 31.6 Å². The SMILES string of the molecule is C.CN(C(=O)Nc1ccc(-c2ccccc2)nc1)C1CCN(S(C)(=O)=O)CC1. The van der Waals surface area contributed by atoms with Gasteiger partial charge in [-0.1, -0.05) is 37.8 Å². The van der Waals surface area contributed by atoms with Crippen LogP contribution in [0, 0.1) is 0 Å². The Hall–Kier alpha value is -2.45. The van der Waals surface area contributed by atoms with Crippen molar-refractivity contribution in [1.29, 1.82) is 0 Å². The van der Waals surface area contributed by atoms with Crippen LogP contribution in [0.15, 0.2) is 48.7 Å². The number of hydrogen-bond donors (Lipinski definition) is 1. The molecule has 1 aliphatic rings. The molecule has 0 unspecified atom stereocenters. The van der Waals surface area contributed by atoms with E-state index in [1.165, 1.54) is 10.6 Å². The highest BCUT2D eigenvalue weighted by Gasteiger charge is 2.29. The van der Waals surface area contributed by atoms with Crippen LogP contribution in [0.5, 0.6) is 0 Å². The molecule has 2 aromatic rings. The molecule has 8 heteroatoms. The summed E-state index contributed by atoms with van der Waals surface area (Å²) in [5.74, 6) is 0. The van der Waals surface area contributed by atoms with Crippen LogP contribution >= 0.6 is 0 Å². The summed E-state index contributed by atoms with van der Waals surface area (Å²) in [4.78, 5) is 18.5. The summed E-state index contributed by atoms with van der Waals surface area (Å²) in [5.41, 5.74) is 2.49. The van der Waals surface area contributed by atoms with Gasteiger partial charge in [0.2, 0.25) is 10.0 Å². The molecular weight excluding hydrogens is 376 g/mol. The number of sulfonamides is 1. The van der Waals surface area contributed by atoms with Crippen LogP contribution in [0.4, 0.5) is 10.5 Å². The number of hydrogen-bond acceptors (Lipinski definition) is 4. The Balaban J connectivity index is 0.00000280. The zero-order valence-corrected chi connectivity index (χ0v) is 16.3. The third-order valence-corrected chi connectivity index (χ3v) is 6.15. The van der Waals surface area contributed by atoms with E-state index < -0.39 is 10.0 Å². The molecule has 2 heterocycles. The number of amides is 2. The lowest BCUT2D eigenvalue weighted by Crippen LogP contribution is -2.48. The van der Waals surface area contributed by atoms with Crippen molar-refractivity contribution in [3.63, 3.8) is 0 Å². The largest absolute Gasteiger partial charge is 0.325 e. The summed E-state index contributed by atoms with van der Waals surface area (Å²) in [6.07, 6.45) is 4.11. The average molecular weight is 405 g/mol. The zero-order valence-electron chi connectivity index (χ0n) is 15.5. The summed E-state index contributed by atoms with van der Waals surface area (Å²) >= 11 is 0. The van der Waals surface area contributed by atoms with E-state index in [1.54, 1.807) is 18.1 Å². The summed E-state index contributed by atoms with van der Waals surface area (Å²) in [6, 6.07) is 13.3. The van der Waals surface area contributed by atoms with Crippen molar-refractivity contribution in [3.05, 3.63) is 48.7 Å². The van der Waals surface area contributed by atoms with E-state index in [2.05, 4.69) is 10.3 Å². The minimum absolute atomic E-state index is 0. The molecule has 1 N–H and O–H groups in total. The average Bonchev–Trinajstić information content (AvgIpc) is 2.68. The Morgan fingerprint density at radius 3 is 2.32 bits per heavy atom. The molecule has 1 aliphatic heterocycles. The third kappa shape index (κ3) is 5.30. The van der Waals surface area contributed by atoms with Gasteiger partial charge in [-0.15, -0.1) is 0 Å². The number of anilines is 1. The van der Waals surface area contributed by atoms with Gasteiger partial charge in [0.15, 0.2) is 0 Å². The minimum Gasteiger partial charge on any atom is -0.325 e. The molecule has 3 rings (SSSR count). The van der Waals surface area contributed by atoms with Crippen LogP contribution in [-0.4, -0.2) is 61.1 Å². The maximum absolute atomic E-state index is 12.5. The number of urea groups is 1. The Bertz CT molecular complexity index is 877. The zero-order chi connectivity index (χ0) is 19.4. The van der Waals surface area contributed by atoms with Crippen molar-refractivity contribution in [3.8, 4) is 11.3 Å². The van der Waals surface area contributed by atoms with Crippen LogP contribution in [-0.2, 0) is 10.0 Å². The second kappa shape index (κ2) is 9.16. The Morgan fingerprint density at radius 1 is 1.14 bits per heavy atom. The van der Waals surface area contributed by atoms with Crippen LogP contribution in [0.1, 0.15) is 20.3 Å². The topological polar surface area (TPSA) is 82.6 Å².